The number of carbonyl (C=O) groups excluding carboxylic acids is 1. The summed E-state index contributed by atoms with van der Waals surface area (Å²) in [5.41, 5.74) is 7.59. The second-order valence-corrected chi connectivity index (χ2v) is 4.05. The molecule has 4 nitrogen and oxygen atoms in total. The van der Waals surface area contributed by atoms with Gasteiger partial charge in [-0.15, -0.1) is 0 Å². The number of nitrogen functional groups attached to an aromatic ring is 1. The number of anilines is 2. The van der Waals surface area contributed by atoms with Crippen LogP contribution < -0.4 is 11.1 Å². The molecule has 0 aliphatic heterocycles. The van der Waals surface area contributed by atoms with E-state index in [0.717, 1.165) is 5.69 Å². The highest BCUT2D eigenvalue weighted by Crippen LogP contribution is 2.26. The van der Waals surface area contributed by atoms with Crippen LogP contribution >= 0.6 is 11.6 Å². The molecule has 0 aliphatic rings. The first-order chi connectivity index (χ1) is 8.65. The highest BCUT2D eigenvalue weighted by molar-refractivity contribution is 6.35. The number of halogens is 1. The molecule has 3 N–H and O–H groups in total. The lowest BCUT2D eigenvalue weighted by atomic mass is 10.0. The molecule has 1 aromatic carbocycles. The van der Waals surface area contributed by atoms with E-state index in [9.17, 15) is 4.79 Å². The van der Waals surface area contributed by atoms with Crippen LogP contribution in [0.3, 0.4) is 0 Å². The molecular formula is C13H12ClN3O. The molecule has 1 heterocycles. The summed E-state index contributed by atoms with van der Waals surface area (Å²) in [6.07, 6.45) is 1.47. The number of aromatic nitrogens is 1. The average Bonchev–Trinajstić information content (AvgIpc) is 2.38. The second-order valence-electron chi connectivity index (χ2n) is 3.69. The maximum absolute atomic E-state index is 12.4. The molecule has 0 atom stereocenters. The molecule has 0 radical (unpaired) electrons. The number of hydrogen-bond donors (Lipinski definition) is 2. The molecule has 0 saturated carbocycles. The Morgan fingerprint density at radius 1 is 1.33 bits per heavy atom. The van der Waals surface area contributed by atoms with Gasteiger partial charge in [-0.3, -0.25) is 4.79 Å². The summed E-state index contributed by atoms with van der Waals surface area (Å²) < 4.78 is 0. The van der Waals surface area contributed by atoms with Crippen molar-refractivity contribution in [2.75, 3.05) is 18.1 Å². The summed E-state index contributed by atoms with van der Waals surface area (Å²) >= 11 is 5.94. The number of carbonyl (C=O) groups is 1. The van der Waals surface area contributed by atoms with Crippen molar-refractivity contribution in [1.82, 2.24) is 4.98 Å². The van der Waals surface area contributed by atoms with Gasteiger partial charge in [0.2, 0.25) is 0 Å². The van der Waals surface area contributed by atoms with E-state index in [-0.39, 0.29) is 16.5 Å². The third-order valence-electron chi connectivity index (χ3n) is 2.61. The summed E-state index contributed by atoms with van der Waals surface area (Å²) in [6.45, 7) is 0. The Kier molecular flexibility index (Phi) is 3.48. The van der Waals surface area contributed by atoms with E-state index in [0.29, 0.717) is 11.3 Å². The smallest absolute Gasteiger partial charge is 0.200 e. The first-order valence-corrected chi connectivity index (χ1v) is 5.74. The van der Waals surface area contributed by atoms with Gasteiger partial charge in [-0.1, -0.05) is 23.7 Å². The van der Waals surface area contributed by atoms with Crippen LogP contribution in [0.25, 0.3) is 0 Å². The first-order valence-electron chi connectivity index (χ1n) is 5.36. The number of pyridine rings is 1. The standard InChI is InChI=1S/C13H12ClN3O/c1-16-10-5-3-2-4-8(10)12(18)11-9(15)6-7-17-13(11)14/h2-7,16H,1H3,(H2,15,17). The van der Waals surface area contributed by atoms with Crippen LogP contribution in [0, 0.1) is 0 Å². The molecule has 92 valence electrons. The molecule has 0 spiro atoms. The lowest BCUT2D eigenvalue weighted by molar-refractivity contribution is 0.104. The Hall–Kier alpha value is -2.07. The molecule has 0 unspecified atom stereocenters. The van der Waals surface area contributed by atoms with Crippen molar-refractivity contribution < 1.29 is 4.79 Å². The third-order valence-corrected chi connectivity index (χ3v) is 2.89. The fourth-order valence-corrected chi connectivity index (χ4v) is 1.96. The Labute approximate surface area is 110 Å². The minimum absolute atomic E-state index is 0.117. The Morgan fingerprint density at radius 2 is 2.06 bits per heavy atom. The van der Waals surface area contributed by atoms with Gasteiger partial charge in [-0.2, -0.15) is 0 Å². The van der Waals surface area contributed by atoms with E-state index in [1.54, 1.807) is 25.2 Å². The van der Waals surface area contributed by atoms with Crippen LogP contribution in [0.4, 0.5) is 11.4 Å². The van der Waals surface area contributed by atoms with Crippen LogP contribution in [0.1, 0.15) is 15.9 Å². The molecule has 5 heteroatoms. The number of nitrogens with one attached hydrogen (secondary N) is 1. The zero-order valence-corrected chi connectivity index (χ0v) is 10.5. The summed E-state index contributed by atoms with van der Waals surface area (Å²) in [7, 11) is 1.75. The highest BCUT2D eigenvalue weighted by Gasteiger charge is 2.19. The zero-order chi connectivity index (χ0) is 13.1. The van der Waals surface area contributed by atoms with Crippen LogP contribution in [-0.4, -0.2) is 17.8 Å². The molecule has 0 amide bonds. The van der Waals surface area contributed by atoms with Crippen LogP contribution in [0.5, 0.6) is 0 Å². The Balaban J connectivity index is 2.55. The van der Waals surface area contributed by atoms with Crippen molar-refractivity contribution >= 4 is 28.8 Å². The van der Waals surface area contributed by atoms with Gasteiger partial charge in [0.15, 0.2) is 5.78 Å². The SMILES string of the molecule is CNc1ccccc1C(=O)c1c(N)ccnc1Cl. The average molecular weight is 262 g/mol. The topological polar surface area (TPSA) is 68.0 Å². The van der Waals surface area contributed by atoms with Crippen molar-refractivity contribution in [1.29, 1.82) is 0 Å². The number of nitrogens with two attached hydrogens (primary N) is 1. The highest BCUT2D eigenvalue weighted by atomic mass is 35.5. The summed E-state index contributed by atoms with van der Waals surface area (Å²) in [4.78, 5) is 16.3. The van der Waals surface area contributed by atoms with Crippen LogP contribution in [0.15, 0.2) is 36.5 Å². The summed E-state index contributed by atoms with van der Waals surface area (Å²) in [5, 5.41) is 3.08. The Morgan fingerprint density at radius 3 is 2.72 bits per heavy atom. The molecule has 0 bridgehead atoms. The van der Waals surface area contributed by atoms with Crippen LogP contribution in [0.2, 0.25) is 5.15 Å². The molecule has 1 aromatic heterocycles. The third kappa shape index (κ3) is 2.15. The quantitative estimate of drug-likeness (QED) is 0.658. The van der Waals surface area contributed by atoms with E-state index in [2.05, 4.69) is 10.3 Å². The van der Waals surface area contributed by atoms with E-state index < -0.39 is 0 Å². The number of benzene rings is 1. The van der Waals surface area contributed by atoms with Crippen molar-refractivity contribution in [2.45, 2.75) is 0 Å². The van der Waals surface area contributed by atoms with Crippen LogP contribution in [-0.2, 0) is 0 Å². The minimum atomic E-state index is -0.240. The predicted molar refractivity (Wildman–Crippen MR) is 73.1 cm³/mol. The number of ketones is 1. The van der Waals surface area contributed by atoms with Crippen molar-refractivity contribution in [3.8, 4) is 0 Å². The van der Waals surface area contributed by atoms with E-state index >= 15 is 0 Å². The van der Waals surface area contributed by atoms with Gasteiger partial charge in [0.05, 0.1) is 5.56 Å². The van der Waals surface area contributed by atoms with Gasteiger partial charge < -0.3 is 11.1 Å². The van der Waals surface area contributed by atoms with E-state index in [4.69, 9.17) is 17.3 Å². The Bertz CT molecular complexity index is 578. The molecule has 2 rings (SSSR count). The number of para-hydroxylation sites is 1. The maximum Gasteiger partial charge on any atom is 0.200 e. The molecular weight excluding hydrogens is 250 g/mol. The van der Waals surface area contributed by atoms with Crippen molar-refractivity contribution in [3.63, 3.8) is 0 Å². The number of hydrogen-bond acceptors (Lipinski definition) is 4. The summed E-state index contributed by atoms with van der Waals surface area (Å²) in [5.74, 6) is -0.240. The van der Waals surface area contributed by atoms with Gasteiger partial charge in [-0.05, 0) is 18.2 Å². The van der Waals surface area contributed by atoms with Crippen molar-refractivity contribution in [2.24, 2.45) is 0 Å². The lowest BCUT2D eigenvalue weighted by Gasteiger charge is -2.10. The predicted octanol–water partition coefficient (Wildman–Crippen LogP) is 2.59. The fourth-order valence-electron chi connectivity index (χ4n) is 1.71. The molecule has 0 aliphatic carbocycles. The lowest BCUT2D eigenvalue weighted by Crippen LogP contribution is -2.09. The minimum Gasteiger partial charge on any atom is -0.398 e. The molecule has 18 heavy (non-hydrogen) atoms. The molecule has 2 aromatic rings. The van der Waals surface area contributed by atoms with Crippen molar-refractivity contribution in [3.05, 3.63) is 52.8 Å². The maximum atomic E-state index is 12.4. The molecule has 0 fully saturated rings. The monoisotopic (exact) mass is 261 g/mol. The summed E-state index contributed by atoms with van der Waals surface area (Å²) in [6, 6.07) is 8.72. The molecule has 0 saturated heterocycles. The van der Waals surface area contributed by atoms with Gasteiger partial charge in [-0.25, -0.2) is 4.98 Å². The van der Waals surface area contributed by atoms with Gasteiger partial charge in [0, 0.05) is 30.2 Å². The van der Waals surface area contributed by atoms with Gasteiger partial charge in [0.1, 0.15) is 5.15 Å². The zero-order valence-electron chi connectivity index (χ0n) is 9.77. The number of nitrogens with zero attached hydrogens (tertiary/aromatic N) is 1. The normalized spacial score (nSPS) is 10.1. The van der Waals surface area contributed by atoms with E-state index in [1.165, 1.54) is 6.20 Å². The fraction of sp³-hybridized carbons (Fsp3) is 0.0769. The number of rotatable bonds is 3. The second kappa shape index (κ2) is 5.06. The van der Waals surface area contributed by atoms with Gasteiger partial charge >= 0.3 is 0 Å². The largest absolute Gasteiger partial charge is 0.398 e. The first kappa shape index (κ1) is 12.4. The van der Waals surface area contributed by atoms with E-state index in [1.807, 2.05) is 12.1 Å². The van der Waals surface area contributed by atoms with Gasteiger partial charge in [0.25, 0.3) is 0 Å².